The summed E-state index contributed by atoms with van der Waals surface area (Å²) in [6.45, 7) is 1.13. The van der Waals surface area contributed by atoms with Crippen LogP contribution in [0.1, 0.15) is 24.3 Å². The number of thiazole rings is 1. The maximum Gasteiger partial charge on any atom is 0.227 e. The number of hydrogen-bond acceptors (Lipinski definition) is 4. The molecule has 1 aliphatic rings. The topological polar surface area (TPSA) is 68.0 Å². The fourth-order valence-corrected chi connectivity index (χ4v) is 2.59. The van der Waals surface area contributed by atoms with Crippen molar-refractivity contribution in [2.24, 2.45) is 11.1 Å². The van der Waals surface area contributed by atoms with E-state index in [1.807, 2.05) is 5.38 Å². The number of nitrogens with one attached hydrogen (secondary N) is 1. The van der Waals surface area contributed by atoms with Crippen LogP contribution in [0.3, 0.4) is 0 Å². The van der Waals surface area contributed by atoms with Crippen LogP contribution in [0, 0.1) is 5.41 Å². The van der Waals surface area contributed by atoms with Crippen molar-refractivity contribution in [3.8, 4) is 0 Å². The first-order chi connectivity index (χ1) is 7.77. The highest BCUT2D eigenvalue weighted by Gasteiger charge is 2.42. The summed E-state index contributed by atoms with van der Waals surface area (Å²) < 4.78 is 0. The fourth-order valence-electron chi connectivity index (χ4n) is 1.97. The molecule has 0 atom stereocenters. The number of hydrogen-bond donors (Lipinski definition) is 2. The predicted molar refractivity (Wildman–Crippen MR) is 64.2 cm³/mol. The lowest BCUT2D eigenvalue weighted by atomic mass is 9.68. The Kier molecular flexibility index (Phi) is 3.56. The molecule has 88 valence electrons. The van der Waals surface area contributed by atoms with Gasteiger partial charge in [0.25, 0.3) is 0 Å². The van der Waals surface area contributed by atoms with E-state index in [1.165, 1.54) is 0 Å². The van der Waals surface area contributed by atoms with Gasteiger partial charge in [0.1, 0.15) is 0 Å². The minimum absolute atomic E-state index is 0.123. The molecule has 4 nitrogen and oxygen atoms in total. The lowest BCUT2D eigenvalue weighted by Gasteiger charge is -2.39. The van der Waals surface area contributed by atoms with Crippen LogP contribution in [0.4, 0.5) is 0 Å². The van der Waals surface area contributed by atoms with Crippen molar-refractivity contribution in [2.75, 3.05) is 13.1 Å². The molecule has 0 radical (unpaired) electrons. The van der Waals surface area contributed by atoms with Gasteiger partial charge in [0.05, 0.1) is 10.4 Å². The molecule has 2 rings (SSSR count). The van der Waals surface area contributed by atoms with E-state index >= 15 is 0 Å². The number of carbonyl (C=O) groups excluding carboxylic acids is 1. The summed E-state index contributed by atoms with van der Waals surface area (Å²) in [5.74, 6) is 0.123. The van der Waals surface area contributed by atoms with Crippen LogP contribution in [-0.2, 0) is 11.2 Å². The Labute approximate surface area is 99.3 Å². The van der Waals surface area contributed by atoms with Crippen LogP contribution >= 0.6 is 11.3 Å². The monoisotopic (exact) mass is 239 g/mol. The smallest absolute Gasteiger partial charge is 0.227 e. The van der Waals surface area contributed by atoms with Gasteiger partial charge in [-0.15, -0.1) is 11.3 Å². The molecule has 1 aromatic rings. The van der Waals surface area contributed by atoms with E-state index in [-0.39, 0.29) is 11.3 Å². The number of nitrogens with two attached hydrogens (primary N) is 1. The van der Waals surface area contributed by atoms with Crippen molar-refractivity contribution in [3.63, 3.8) is 0 Å². The van der Waals surface area contributed by atoms with Crippen molar-refractivity contribution in [1.29, 1.82) is 0 Å². The van der Waals surface area contributed by atoms with Crippen molar-refractivity contribution in [2.45, 2.75) is 25.7 Å². The molecule has 0 aliphatic heterocycles. The second kappa shape index (κ2) is 4.93. The first-order valence-electron chi connectivity index (χ1n) is 5.64. The largest absolute Gasteiger partial charge is 0.355 e. The van der Waals surface area contributed by atoms with Gasteiger partial charge in [0, 0.05) is 31.1 Å². The van der Waals surface area contributed by atoms with E-state index in [2.05, 4.69) is 10.3 Å². The summed E-state index contributed by atoms with van der Waals surface area (Å²) in [6.07, 6.45) is 5.59. The molecule has 1 amide bonds. The molecule has 0 aromatic carbocycles. The summed E-state index contributed by atoms with van der Waals surface area (Å²) in [6, 6.07) is 0. The minimum Gasteiger partial charge on any atom is -0.355 e. The maximum absolute atomic E-state index is 11.9. The standard InChI is InChI=1S/C11H17N3OS/c12-8-11(3-1-4-11)10(15)14-5-2-9-13-6-7-16-9/h6-7H,1-5,8,12H2,(H,14,15). The Morgan fingerprint density at radius 2 is 2.44 bits per heavy atom. The van der Waals surface area contributed by atoms with Crippen molar-refractivity contribution in [1.82, 2.24) is 10.3 Å². The van der Waals surface area contributed by atoms with Crippen LogP contribution < -0.4 is 11.1 Å². The summed E-state index contributed by atoms with van der Waals surface area (Å²) in [5, 5.41) is 5.98. The van der Waals surface area contributed by atoms with E-state index in [0.717, 1.165) is 30.7 Å². The highest BCUT2D eigenvalue weighted by atomic mass is 32.1. The van der Waals surface area contributed by atoms with E-state index in [1.54, 1.807) is 17.5 Å². The summed E-state index contributed by atoms with van der Waals surface area (Å²) >= 11 is 1.62. The zero-order chi connectivity index (χ0) is 11.4. The van der Waals surface area contributed by atoms with E-state index in [9.17, 15) is 4.79 Å². The zero-order valence-electron chi connectivity index (χ0n) is 9.24. The number of aromatic nitrogens is 1. The second-order valence-electron chi connectivity index (χ2n) is 4.27. The first-order valence-corrected chi connectivity index (χ1v) is 6.51. The molecule has 3 N–H and O–H groups in total. The Morgan fingerprint density at radius 1 is 1.62 bits per heavy atom. The van der Waals surface area contributed by atoms with E-state index in [4.69, 9.17) is 5.73 Å². The third-order valence-corrected chi connectivity index (χ3v) is 4.13. The lowest BCUT2D eigenvalue weighted by molar-refractivity contribution is -0.135. The molecule has 1 heterocycles. The van der Waals surface area contributed by atoms with Gasteiger partial charge in [-0.1, -0.05) is 6.42 Å². The van der Waals surface area contributed by atoms with Gasteiger partial charge in [-0.25, -0.2) is 4.98 Å². The van der Waals surface area contributed by atoms with Gasteiger partial charge >= 0.3 is 0 Å². The molecule has 0 saturated heterocycles. The molecule has 5 heteroatoms. The van der Waals surface area contributed by atoms with Crippen LogP contribution in [0.25, 0.3) is 0 Å². The van der Waals surface area contributed by atoms with Gasteiger partial charge in [0.15, 0.2) is 0 Å². The van der Waals surface area contributed by atoms with Crippen molar-refractivity contribution < 1.29 is 4.79 Å². The van der Waals surface area contributed by atoms with Crippen molar-refractivity contribution >= 4 is 17.2 Å². The van der Waals surface area contributed by atoms with Gasteiger partial charge in [-0.3, -0.25) is 4.79 Å². The molecule has 1 aliphatic carbocycles. The predicted octanol–water partition coefficient (Wildman–Crippen LogP) is 0.931. The molecule has 1 aromatic heterocycles. The van der Waals surface area contributed by atoms with Gasteiger partial charge < -0.3 is 11.1 Å². The Morgan fingerprint density at radius 3 is 2.94 bits per heavy atom. The fraction of sp³-hybridized carbons (Fsp3) is 0.636. The Balaban J connectivity index is 1.75. The van der Waals surface area contributed by atoms with E-state index in [0.29, 0.717) is 13.1 Å². The number of carbonyl (C=O) groups is 1. The Bertz CT molecular complexity index is 341. The number of amides is 1. The molecule has 1 saturated carbocycles. The first kappa shape index (κ1) is 11.5. The molecular weight excluding hydrogens is 222 g/mol. The van der Waals surface area contributed by atoms with Gasteiger partial charge in [-0.2, -0.15) is 0 Å². The number of nitrogens with zero attached hydrogens (tertiary/aromatic N) is 1. The van der Waals surface area contributed by atoms with Crippen LogP contribution in [0.2, 0.25) is 0 Å². The van der Waals surface area contributed by atoms with Crippen LogP contribution in [0.15, 0.2) is 11.6 Å². The molecular formula is C11H17N3OS. The quantitative estimate of drug-likeness (QED) is 0.803. The summed E-state index contributed by atoms with van der Waals surface area (Å²) in [7, 11) is 0. The Hall–Kier alpha value is -0.940. The highest BCUT2D eigenvalue weighted by molar-refractivity contribution is 7.09. The van der Waals surface area contributed by atoms with Gasteiger partial charge in [-0.05, 0) is 12.8 Å². The summed E-state index contributed by atoms with van der Waals surface area (Å²) in [4.78, 5) is 16.1. The van der Waals surface area contributed by atoms with E-state index < -0.39 is 0 Å². The van der Waals surface area contributed by atoms with Crippen LogP contribution in [0.5, 0.6) is 0 Å². The zero-order valence-corrected chi connectivity index (χ0v) is 10.1. The molecule has 0 unspecified atom stereocenters. The SMILES string of the molecule is NCC1(C(=O)NCCc2nccs2)CCC1. The van der Waals surface area contributed by atoms with Crippen LogP contribution in [-0.4, -0.2) is 24.0 Å². The normalized spacial score (nSPS) is 17.8. The molecule has 0 bridgehead atoms. The third-order valence-electron chi connectivity index (χ3n) is 3.29. The van der Waals surface area contributed by atoms with Crippen molar-refractivity contribution in [3.05, 3.63) is 16.6 Å². The second-order valence-corrected chi connectivity index (χ2v) is 5.25. The summed E-state index contributed by atoms with van der Waals surface area (Å²) in [5.41, 5.74) is 5.40. The number of rotatable bonds is 5. The highest BCUT2D eigenvalue weighted by Crippen LogP contribution is 2.39. The average Bonchev–Trinajstić information content (AvgIpc) is 2.70. The minimum atomic E-state index is -0.261. The molecule has 0 spiro atoms. The third kappa shape index (κ3) is 2.25. The molecule has 1 fully saturated rings. The van der Waals surface area contributed by atoms with Gasteiger partial charge in [0.2, 0.25) is 5.91 Å². The average molecular weight is 239 g/mol. The lowest BCUT2D eigenvalue weighted by Crippen LogP contribution is -2.50. The molecule has 16 heavy (non-hydrogen) atoms. The maximum atomic E-state index is 11.9.